The van der Waals surface area contributed by atoms with Crippen LogP contribution in [0.2, 0.25) is 0 Å². The maximum atomic E-state index is 11.8. The first-order valence-corrected chi connectivity index (χ1v) is 7.14. The number of hydrogen-bond donors (Lipinski definition) is 1. The Balaban J connectivity index is 2.41. The van der Waals surface area contributed by atoms with Gasteiger partial charge in [0, 0.05) is 6.54 Å². The van der Waals surface area contributed by atoms with E-state index in [2.05, 4.69) is 62.2 Å². The van der Waals surface area contributed by atoms with Crippen molar-refractivity contribution in [2.24, 2.45) is 0 Å². The van der Waals surface area contributed by atoms with Gasteiger partial charge in [0.05, 0.1) is 6.54 Å². The second-order valence-electron chi connectivity index (χ2n) is 5.13. The fourth-order valence-corrected chi connectivity index (χ4v) is 1.93. The van der Waals surface area contributed by atoms with Crippen LogP contribution in [0, 0.1) is 0 Å². The molecule has 1 amide bonds. The first-order chi connectivity index (χ1) is 9.06. The molecule has 1 rings (SSSR count). The van der Waals surface area contributed by atoms with Gasteiger partial charge in [0.2, 0.25) is 5.91 Å². The average molecular weight is 262 g/mol. The van der Waals surface area contributed by atoms with Gasteiger partial charge in [0.15, 0.2) is 0 Å². The molecule has 106 valence electrons. The summed E-state index contributed by atoms with van der Waals surface area (Å²) in [6.07, 6.45) is 0. The zero-order valence-corrected chi connectivity index (χ0v) is 12.6. The fourth-order valence-electron chi connectivity index (χ4n) is 1.93. The van der Waals surface area contributed by atoms with Crippen LogP contribution in [0.1, 0.15) is 44.7 Å². The van der Waals surface area contributed by atoms with Crippen molar-refractivity contribution < 1.29 is 4.79 Å². The number of nitrogens with zero attached hydrogens (tertiary/aromatic N) is 1. The van der Waals surface area contributed by atoms with Crippen molar-refractivity contribution in [3.8, 4) is 0 Å². The largest absolute Gasteiger partial charge is 0.351 e. The fraction of sp³-hybridized carbons (Fsp3) is 0.562. The van der Waals surface area contributed by atoms with E-state index in [0.717, 1.165) is 18.7 Å². The van der Waals surface area contributed by atoms with Crippen LogP contribution in [0.4, 0.5) is 0 Å². The third-order valence-corrected chi connectivity index (χ3v) is 3.40. The van der Waals surface area contributed by atoms with Crippen LogP contribution in [0.5, 0.6) is 0 Å². The first kappa shape index (κ1) is 15.7. The highest BCUT2D eigenvalue weighted by atomic mass is 16.2. The number of nitrogens with one attached hydrogen (secondary N) is 1. The Morgan fingerprint density at radius 2 is 1.74 bits per heavy atom. The molecule has 0 aromatic heterocycles. The molecule has 3 nitrogen and oxygen atoms in total. The minimum absolute atomic E-state index is 0.0941. The van der Waals surface area contributed by atoms with E-state index in [1.165, 1.54) is 5.56 Å². The van der Waals surface area contributed by atoms with E-state index in [1.807, 2.05) is 0 Å². The molecule has 0 spiro atoms. The van der Waals surface area contributed by atoms with Crippen LogP contribution in [-0.4, -0.2) is 30.4 Å². The summed E-state index contributed by atoms with van der Waals surface area (Å²) in [6.45, 7) is 11.4. The number of benzene rings is 1. The van der Waals surface area contributed by atoms with Crippen LogP contribution in [0.3, 0.4) is 0 Å². The molecule has 0 aliphatic heterocycles. The van der Waals surface area contributed by atoms with Gasteiger partial charge >= 0.3 is 0 Å². The lowest BCUT2D eigenvalue weighted by Gasteiger charge is -2.17. The SMILES string of the molecule is CCN(CC)CC(=O)NCc1ccc(C(C)C)cc1. The summed E-state index contributed by atoms with van der Waals surface area (Å²) in [5.41, 5.74) is 2.48. The second kappa shape index (κ2) is 7.95. The minimum atomic E-state index is 0.0941. The zero-order valence-electron chi connectivity index (χ0n) is 12.6. The highest BCUT2D eigenvalue weighted by Gasteiger charge is 2.06. The van der Waals surface area contributed by atoms with Crippen LogP contribution >= 0.6 is 0 Å². The van der Waals surface area contributed by atoms with Crippen molar-refractivity contribution in [3.05, 3.63) is 35.4 Å². The molecule has 1 N–H and O–H groups in total. The lowest BCUT2D eigenvalue weighted by atomic mass is 10.0. The van der Waals surface area contributed by atoms with Crippen molar-refractivity contribution in [1.82, 2.24) is 10.2 Å². The first-order valence-electron chi connectivity index (χ1n) is 7.14. The molecule has 0 saturated carbocycles. The molecular formula is C16H26N2O. The smallest absolute Gasteiger partial charge is 0.234 e. The van der Waals surface area contributed by atoms with E-state index >= 15 is 0 Å². The average Bonchev–Trinajstić information content (AvgIpc) is 2.43. The van der Waals surface area contributed by atoms with Crippen molar-refractivity contribution >= 4 is 5.91 Å². The Bertz CT molecular complexity index is 380. The summed E-state index contributed by atoms with van der Waals surface area (Å²) >= 11 is 0. The molecular weight excluding hydrogens is 236 g/mol. The van der Waals surface area contributed by atoms with Gasteiger partial charge in [-0.05, 0) is 30.1 Å². The number of hydrogen-bond acceptors (Lipinski definition) is 2. The third kappa shape index (κ3) is 5.43. The van der Waals surface area contributed by atoms with Gasteiger partial charge in [-0.25, -0.2) is 0 Å². The van der Waals surface area contributed by atoms with Gasteiger partial charge in [-0.3, -0.25) is 9.69 Å². The Hall–Kier alpha value is -1.35. The Morgan fingerprint density at radius 1 is 1.16 bits per heavy atom. The Labute approximate surface area is 117 Å². The van der Waals surface area contributed by atoms with Crippen molar-refractivity contribution in [2.75, 3.05) is 19.6 Å². The highest BCUT2D eigenvalue weighted by Crippen LogP contribution is 2.14. The summed E-state index contributed by atoms with van der Waals surface area (Å²) < 4.78 is 0. The molecule has 0 fully saturated rings. The topological polar surface area (TPSA) is 32.3 Å². The van der Waals surface area contributed by atoms with E-state index in [1.54, 1.807) is 0 Å². The molecule has 0 atom stereocenters. The predicted octanol–water partition coefficient (Wildman–Crippen LogP) is 2.77. The van der Waals surface area contributed by atoms with Gasteiger partial charge in [-0.2, -0.15) is 0 Å². The zero-order chi connectivity index (χ0) is 14.3. The summed E-state index contributed by atoms with van der Waals surface area (Å²) in [7, 11) is 0. The van der Waals surface area contributed by atoms with E-state index in [9.17, 15) is 4.79 Å². The van der Waals surface area contributed by atoms with Gasteiger partial charge in [0.25, 0.3) is 0 Å². The summed E-state index contributed by atoms with van der Waals surface area (Å²) in [6, 6.07) is 8.45. The molecule has 1 aromatic rings. The second-order valence-corrected chi connectivity index (χ2v) is 5.13. The number of carbonyl (C=O) groups is 1. The van der Waals surface area contributed by atoms with Gasteiger partial charge in [-0.1, -0.05) is 52.0 Å². The Kier molecular flexibility index (Phi) is 6.57. The molecule has 0 bridgehead atoms. The quantitative estimate of drug-likeness (QED) is 0.819. The van der Waals surface area contributed by atoms with Crippen molar-refractivity contribution in [3.63, 3.8) is 0 Å². The maximum Gasteiger partial charge on any atom is 0.234 e. The summed E-state index contributed by atoms with van der Waals surface area (Å²) in [4.78, 5) is 13.9. The van der Waals surface area contributed by atoms with E-state index in [0.29, 0.717) is 19.0 Å². The molecule has 0 radical (unpaired) electrons. The maximum absolute atomic E-state index is 11.8. The van der Waals surface area contributed by atoms with E-state index < -0.39 is 0 Å². The minimum Gasteiger partial charge on any atom is -0.351 e. The molecule has 0 aliphatic rings. The van der Waals surface area contributed by atoms with Crippen LogP contribution in [0.25, 0.3) is 0 Å². The predicted molar refractivity (Wildman–Crippen MR) is 80.2 cm³/mol. The van der Waals surface area contributed by atoms with Gasteiger partial charge in [0.1, 0.15) is 0 Å². The monoisotopic (exact) mass is 262 g/mol. The van der Waals surface area contributed by atoms with E-state index in [4.69, 9.17) is 0 Å². The van der Waals surface area contributed by atoms with Crippen LogP contribution < -0.4 is 5.32 Å². The summed E-state index contributed by atoms with van der Waals surface area (Å²) in [5.74, 6) is 0.642. The number of amides is 1. The third-order valence-electron chi connectivity index (χ3n) is 3.40. The van der Waals surface area contributed by atoms with E-state index in [-0.39, 0.29) is 5.91 Å². The standard InChI is InChI=1S/C16H26N2O/c1-5-18(6-2)12-16(19)17-11-14-7-9-15(10-8-14)13(3)4/h7-10,13H,5-6,11-12H2,1-4H3,(H,17,19). The molecule has 1 aromatic carbocycles. The normalized spacial score (nSPS) is 11.1. The molecule has 0 heterocycles. The van der Waals surface area contributed by atoms with Crippen molar-refractivity contribution in [1.29, 1.82) is 0 Å². The lowest BCUT2D eigenvalue weighted by molar-refractivity contribution is -0.122. The van der Waals surface area contributed by atoms with Crippen LogP contribution in [-0.2, 0) is 11.3 Å². The number of carbonyl (C=O) groups excluding carboxylic acids is 1. The van der Waals surface area contributed by atoms with Crippen LogP contribution in [0.15, 0.2) is 24.3 Å². The highest BCUT2D eigenvalue weighted by molar-refractivity contribution is 5.77. The van der Waals surface area contributed by atoms with Crippen molar-refractivity contribution in [2.45, 2.75) is 40.2 Å². The van der Waals surface area contributed by atoms with Gasteiger partial charge < -0.3 is 5.32 Å². The lowest BCUT2D eigenvalue weighted by Crippen LogP contribution is -2.36. The molecule has 3 heteroatoms. The van der Waals surface area contributed by atoms with Gasteiger partial charge in [-0.15, -0.1) is 0 Å². The Morgan fingerprint density at radius 3 is 2.21 bits per heavy atom. The molecule has 0 unspecified atom stereocenters. The summed E-state index contributed by atoms with van der Waals surface area (Å²) in [5, 5.41) is 2.97. The molecule has 19 heavy (non-hydrogen) atoms. The number of rotatable bonds is 7. The molecule has 0 saturated heterocycles. The number of likely N-dealkylation sites (N-methyl/N-ethyl adjacent to an activating group) is 1. The molecule has 0 aliphatic carbocycles.